The summed E-state index contributed by atoms with van der Waals surface area (Å²) in [5.41, 5.74) is 3.20. The Morgan fingerprint density at radius 1 is 1.17 bits per heavy atom. The van der Waals surface area contributed by atoms with Crippen LogP contribution in [0.3, 0.4) is 0 Å². The van der Waals surface area contributed by atoms with Gasteiger partial charge in [-0.15, -0.1) is 0 Å². The van der Waals surface area contributed by atoms with Crippen LogP contribution in [0.5, 0.6) is 5.75 Å². The average Bonchev–Trinajstić information content (AvgIpc) is 2.78. The predicted molar refractivity (Wildman–Crippen MR) is 112 cm³/mol. The Labute approximate surface area is 172 Å². The van der Waals surface area contributed by atoms with Crippen molar-refractivity contribution in [3.63, 3.8) is 0 Å². The summed E-state index contributed by atoms with van der Waals surface area (Å²) in [6.07, 6.45) is 6.07. The van der Waals surface area contributed by atoms with Crippen molar-refractivity contribution in [3.05, 3.63) is 53.9 Å². The average molecular weight is 396 g/mol. The van der Waals surface area contributed by atoms with Crippen molar-refractivity contribution in [1.29, 1.82) is 0 Å². The zero-order valence-corrected chi connectivity index (χ0v) is 17.0. The smallest absolute Gasteiger partial charge is 0.315 e. The van der Waals surface area contributed by atoms with Gasteiger partial charge >= 0.3 is 5.97 Å². The number of piperidine rings is 1. The van der Waals surface area contributed by atoms with Gasteiger partial charge in [-0.3, -0.25) is 9.78 Å². The number of nitrogens with one attached hydrogen (secondary N) is 1. The fraction of sp³-hybridized carbons (Fsp3) is 0.478. The Kier molecular flexibility index (Phi) is 6.00. The molecule has 0 saturated carbocycles. The minimum atomic E-state index is -0.603. The molecule has 0 spiro atoms. The molecule has 0 aliphatic carbocycles. The molecule has 6 heteroatoms. The Bertz CT molecular complexity index is 833. The first-order valence-corrected chi connectivity index (χ1v) is 10.5. The number of hydrogen-bond donors (Lipinski definition) is 1. The highest BCUT2D eigenvalue weighted by Gasteiger charge is 2.43. The highest BCUT2D eigenvalue weighted by Crippen LogP contribution is 2.36. The van der Waals surface area contributed by atoms with E-state index >= 15 is 0 Å². The summed E-state index contributed by atoms with van der Waals surface area (Å²) in [5.74, 6) is 0.682. The third-order valence-electron chi connectivity index (χ3n) is 6.04. The summed E-state index contributed by atoms with van der Waals surface area (Å²) in [6, 6.07) is 10.3. The van der Waals surface area contributed by atoms with Crippen LogP contribution in [0.2, 0.25) is 0 Å². The lowest BCUT2D eigenvalue weighted by Gasteiger charge is -2.40. The number of esters is 1. The minimum Gasteiger partial charge on any atom is -0.492 e. The topological polar surface area (TPSA) is 63.7 Å². The van der Waals surface area contributed by atoms with Gasteiger partial charge < -0.3 is 19.7 Å². The normalized spacial score (nSPS) is 18.0. The number of rotatable bonds is 6. The van der Waals surface area contributed by atoms with Crippen molar-refractivity contribution in [3.8, 4) is 5.75 Å². The molecular formula is C23H29N3O3. The molecule has 1 aromatic carbocycles. The molecule has 0 atom stereocenters. The molecule has 29 heavy (non-hydrogen) atoms. The summed E-state index contributed by atoms with van der Waals surface area (Å²) in [5, 5.41) is 3.40. The molecule has 154 valence electrons. The van der Waals surface area contributed by atoms with Crippen LogP contribution in [0.25, 0.3) is 0 Å². The fourth-order valence-corrected chi connectivity index (χ4v) is 4.21. The number of benzene rings is 1. The van der Waals surface area contributed by atoms with Gasteiger partial charge in [0.2, 0.25) is 0 Å². The van der Waals surface area contributed by atoms with E-state index in [0.717, 1.165) is 44.0 Å². The van der Waals surface area contributed by atoms with E-state index in [2.05, 4.69) is 27.3 Å². The molecule has 0 radical (unpaired) electrons. The van der Waals surface area contributed by atoms with Crippen molar-refractivity contribution in [2.45, 2.75) is 32.7 Å². The van der Waals surface area contributed by atoms with E-state index in [4.69, 9.17) is 9.47 Å². The van der Waals surface area contributed by atoms with E-state index in [0.29, 0.717) is 26.1 Å². The number of hydrogen-bond acceptors (Lipinski definition) is 6. The summed E-state index contributed by atoms with van der Waals surface area (Å²) in [7, 11) is 0. The Morgan fingerprint density at radius 3 is 2.72 bits per heavy atom. The second kappa shape index (κ2) is 8.82. The van der Waals surface area contributed by atoms with Crippen molar-refractivity contribution >= 4 is 11.7 Å². The molecule has 6 nitrogen and oxygen atoms in total. The number of nitrogens with zero attached hydrogens (tertiary/aromatic N) is 2. The van der Waals surface area contributed by atoms with Crippen molar-refractivity contribution in [1.82, 2.24) is 10.3 Å². The fourth-order valence-electron chi connectivity index (χ4n) is 4.21. The molecule has 2 aromatic rings. The number of aromatic nitrogens is 1. The molecule has 0 amide bonds. The molecule has 0 bridgehead atoms. The molecule has 1 fully saturated rings. The van der Waals surface area contributed by atoms with Gasteiger partial charge in [0.15, 0.2) is 0 Å². The maximum Gasteiger partial charge on any atom is 0.315 e. The lowest BCUT2D eigenvalue weighted by Crippen LogP contribution is -2.48. The maximum absolute atomic E-state index is 12.9. The van der Waals surface area contributed by atoms with Crippen LogP contribution in [-0.4, -0.2) is 43.8 Å². The van der Waals surface area contributed by atoms with E-state index in [1.807, 2.05) is 25.1 Å². The maximum atomic E-state index is 12.9. The van der Waals surface area contributed by atoms with Gasteiger partial charge in [-0.25, -0.2) is 0 Å². The zero-order chi connectivity index (χ0) is 20.1. The molecule has 2 aliphatic heterocycles. The highest BCUT2D eigenvalue weighted by molar-refractivity contribution is 5.77. The third-order valence-corrected chi connectivity index (χ3v) is 6.04. The number of carbonyl (C=O) groups excluding carboxylic acids is 1. The van der Waals surface area contributed by atoms with Crippen LogP contribution in [0, 0.1) is 5.41 Å². The van der Waals surface area contributed by atoms with Gasteiger partial charge in [0, 0.05) is 37.7 Å². The van der Waals surface area contributed by atoms with Crippen LogP contribution in [0.1, 0.15) is 30.9 Å². The van der Waals surface area contributed by atoms with Gasteiger partial charge in [0.25, 0.3) is 0 Å². The quantitative estimate of drug-likeness (QED) is 0.759. The van der Waals surface area contributed by atoms with Gasteiger partial charge in [-0.2, -0.15) is 0 Å². The Balaban J connectivity index is 1.45. The Hall–Kier alpha value is -2.60. The Morgan fingerprint density at radius 2 is 1.97 bits per heavy atom. The molecule has 1 N–H and O–H groups in total. The standard InChI is InChI=1S/C23H29N3O3/c1-2-28-22(27)23(8-13-26(14-9-23)20-6-11-24-12-7-20)17-29-21-4-3-18-5-10-25-16-19(18)15-21/h3-4,6-7,11-12,15,25H,2,5,8-10,13-14,16-17H2,1H3. The van der Waals surface area contributed by atoms with Crippen molar-refractivity contribution in [2.75, 3.05) is 37.7 Å². The molecule has 4 rings (SSSR count). The SMILES string of the molecule is CCOC(=O)C1(COc2ccc3c(c2)CNCC3)CCN(c2ccncc2)CC1. The minimum absolute atomic E-state index is 0.144. The monoisotopic (exact) mass is 395 g/mol. The lowest BCUT2D eigenvalue weighted by atomic mass is 9.79. The van der Waals surface area contributed by atoms with E-state index in [-0.39, 0.29) is 5.97 Å². The predicted octanol–water partition coefficient (Wildman–Crippen LogP) is 2.96. The van der Waals surface area contributed by atoms with E-state index in [1.165, 1.54) is 11.1 Å². The molecule has 0 unspecified atom stereocenters. The van der Waals surface area contributed by atoms with Crippen LogP contribution in [0.4, 0.5) is 5.69 Å². The van der Waals surface area contributed by atoms with Crippen molar-refractivity contribution in [2.24, 2.45) is 5.41 Å². The van der Waals surface area contributed by atoms with Crippen LogP contribution < -0.4 is 15.0 Å². The van der Waals surface area contributed by atoms with Gasteiger partial charge in [0.1, 0.15) is 17.8 Å². The van der Waals surface area contributed by atoms with Crippen LogP contribution in [0.15, 0.2) is 42.7 Å². The lowest BCUT2D eigenvalue weighted by molar-refractivity contribution is -0.159. The van der Waals surface area contributed by atoms with Crippen LogP contribution in [-0.2, 0) is 22.5 Å². The first kappa shape index (κ1) is 19.7. The summed E-state index contributed by atoms with van der Waals surface area (Å²) < 4.78 is 11.6. The first-order valence-electron chi connectivity index (χ1n) is 10.5. The summed E-state index contributed by atoms with van der Waals surface area (Å²) in [4.78, 5) is 19.3. The summed E-state index contributed by atoms with van der Waals surface area (Å²) >= 11 is 0. The molecule has 3 heterocycles. The van der Waals surface area contributed by atoms with Crippen LogP contribution >= 0.6 is 0 Å². The number of anilines is 1. The number of carbonyl (C=O) groups is 1. The summed E-state index contributed by atoms with van der Waals surface area (Å²) in [6.45, 7) is 6.07. The number of ether oxygens (including phenoxy) is 2. The second-order valence-corrected chi connectivity index (χ2v) is 7.84. The van der Waals surface area contributed by atoms with Gasteiger partial charge in [0.05, 0.1) is 6.61 Å². The van der Waals surface area contributed by atoms with Gasteiger partial charge in [-0.05, 0) is 68.1 Å². The zero-order valence-electron chi connectivity index (χ0n) is 17.0. The van der Waals surface area contributed by atoms with E-state index < -0.39 is 5.41 Å². The number of pyridine rings is 1. The van der Waals surface area contributed by atoms with Gasteiger partial charge in [-0.1, -0.05) is 6.07 Å². The molecule has 2 aliphatic rings. The largest absolute Gasteiger partial charge is 0.492 e. The second-order valence-electron chi connectivity index (χ2n) is 7.84. The first-order chi connectivity index (χ1) is 14.2. The molecule has 1 saturated heterocycles. The molecular weight excluding hydrogens is 366 g/mol. The van der Waals surface area contributed by atoms with E-state index in [9.17, 15) is 4.79 Å². The third kappa shape index (κ3) is 4.37. The highest BCUT2D eigenvalue weighted by atomic mass is 16.5. The number of fused-ring (bicyclic) bond motifs is 1. The molecule has 1 aromatic heterocycles. The van der Waals surface area contributed by atoms with Crippen molar-refractivity contribution < 1.29 is 14.3 Å². The van der Waals surface area contributed by atoms with E-state index in [1.54, 1.807) is 12.4 Å².